The summed E-state index contributed by atoms with van der Waals surface area (Å²) in [4.78, 5) is 10.3. The van der Waals surface area contributed by atoms with Crippen molar-refractivity contribution in [3.05, 3.63) is 0 Å². The molecule has 21 heavy (non-hydrogen) atoms. The average molecular weight is 304 g/mol. The number of carboxylic acid groups (broad SMARTS) is 1. The summed E-state index contributed by atoms with van der Waals surface area (Å²) in [6.45, 7) is 0.220. The highest BCUT2D eigenvalue weighted by atomic mass is 16.4. The van der Waals surface area contributed by atoms with Gasteiger partial charge in [-0.2, -0.15) is 0 Å². The molecule has 0 aromatic rings. The molecule has 0 bridgehead atoms. The topological polar surface area (TPSA) is 98.0 Å². The monoisotopic (exact) mass is 304 g/mol. The molecule has 5 heteroatoms. The Morgan fingerprint density at radius 2 is 1.14 bits per heavy atom. The highest BCUT2D eigenvalue weighted by molar-refractivity contribution is 5.66. The molecule has 0 saturated heterocycles. The van der Waals surface area contributed by atoms with Crippen LogP contribution in [0.3, 0.4) is 0 Å². The van der Waals surface area contributed by atoms with Gasteiger partial charge in [0, 0.05) is 13.0 Å². The predicted molar refractivity (Wildman–Crippen MR) is 82.1 cm³/mol. The summed E-state index contributed by atoms with van der Waals surface area (Å²) < 4.78 is 0. The highest BCUT2D eigenvalue weighted by Crippen LogP contribution is 2.14. The van der Waals surface area contributed by atoms with E-state index >= 15 is 0 Å². The van der Waals surface area contributed by atoms with Crippen molar-refractivity contribution in [2.45, 2.75) is 89.3 Å². The van der Waals surface area contributed by atoms with E-state index in [9.17, 15) is 15.0 Å². The minimum atomic E-state index is -0.743. The van der Waals surface area contributed by atoms with Crippen LogP contribution in [-0.2, 0) is 4.79 Å². The zero-order chi connectivity index (χ0) is 15.9. The number of hydrogen-bond donors (Lipinski definition) is 4. The van der Waals surface area contributed by atoms with E-state index in [0.717, 1.165) is 51.4 Å². The van der Waals surface area contributed by atoms with Gasteiger partial charge in [-0.25, -0.2) is 0 Å². The summed E-state index contributed by atoms with van der Waals surface area (Å²) in [5.74, 6) is -0.743. The molecule has 0 aromatic heterocycles. The van der Waals surface area contributed by atoms with Crippen LogP contribution < -0.4 is 0 Å². The lowest BCUT2D eigenvalue weighted by Crippen LogP contribution is -2.25. The summed E-state index contributed by atoms with van der Waals surface area (Å²) in [5, 5.41) is 36.8. The van der Waals surface area contributed by atoms with E-state index in [1.54, 1.807) is 0 Å². The Morgan fingerprint density at radius 3 is 1.62 bits per heavy atom. The third-order valence-corrected chi connectivity index (χ3v) is 3.74. The maximum absolute atomic E-state index is 10.3. The van der Waals surface area contributed by atoms with Gasteiger partial charge in [-0.3, -0.25) is 4.79 Å². The molecule has 2 atom stereocenters. The van der Waals surface area contributed by atoms with Crippen LogP contribution in [0.15, 0.2) is 0 Å². The molecular formula is C16H32O5. The summed E-state index contributed by atoms with van der Waals surface area (Å²) in [7, 11) is 0. The van der Waals surface area contributed by atoms with Crippen molar-refractivity contribution in [3.63, 3.8) is 0 Å². The standard InChI is InChI=1S/C16H32O5/c17-13-9-5-4-7-11-15(19)14(18)10-6-2-1-3-8-12-16(20)21/h14-15,17-19H,1-13H2,(H,20,21)/t14-,15-/m1/s1. The van der Waals surface area contributed by atoms with Crippen molar-refractivity contribution in [1.29, 1.82) is 0 Å². The number of aliphatic hydroxyl groups excluding tert-OH is 3. The maximum atomic E-state index is 10.3. The molecular weight excluding hydrogens is 272 g/mol. The Hall–Kier alpha value is -0.650. The van der Waals surface area contributed by atoms with Gasteiger partial charge >= 0.3 is 5.97 Å². The first-order chi connectivity index (χ1) is 10.1. The zero-order valence-corrected chi connectivity index (χ0v) is 13.0. The summed E-state index contributed by atoms with van der Waals surface area (Å²) in [5.41, 5.74) is 0. The van der Waals surface area contributed by atoms with E-state index in [4.69, 9.17) is 10.2 Å². The highest BCUT2D eigenvalue weighted by Gasteiger charge is 2.15. The second-order valence-electron chi connectivity index (χ2n) is 5.76. The van der Waals surface area contributed by atoms with E-state index in [1.807, 2.05) is 0 Å². The minimum absolute atomic E-state index is 0.220. The Balaban J connectivity index is 3.38. The predicted octanol–water partition coefficient (Wildman–Crippen LogP) is 2.47. The Bertz CT molecular complexity index is 245. The van der Waals surface area contributed by atoms with Gasteiger partial charge in [-0.15, -0.1) is 0 Å². The van der Waals surface area contributed by atoms with Gasteiger partial charge < -0.3 is 20.4 Å². The molecule has 0 saturated carbocycles. The van der Waals surface area contributed by atoms with Crippen LogP contribution in [0.4, 0.5) is 0 Å². The Labute approximate surface area is 128 Å². The quantitative estimate of drug-likeness (QED) is 0.348. The molecule has 0 radical (unpaired) electrons. The molecule has 0 aromatic carbocycles. The van der Waals surface area contributed by atoms with E-state index in [0.29, 0.717) is 19.3 Å². The molecule has 5 nitrogen and oxygen atoms in total. The number of hydrogen-bond acceptors (Lipinski definition) is 4. The Morgan fingerprint density at radius 1 is 0.714 bits per heavy atom. The number of aliphatic hydroxyl groups is 3. The van der Waals surface area contributed by atoms with Crippen molar-refractivity contribution in [2.24, 2.45) is 0 Å². The molecule has 0 aliphatic heterocycles. The largest absolute Gasteiger partial charge is 0.481 e. The normalized spacial score (nSPS) is 14.0. The average Bonchev–Trinajstić information content (AvgIpc) is 2.45. The fourth-order valence-electron chi connectivity index (χ4n) is 2.36. The molecule has 0 amide bonds. The molecule has 126 valence electrons. The molecule has 0 unspecified atom stereocenters. The third kappa shape index (κ3) is 14.1. The fraction of sp³-hybridized carbons (Fsp3) is 0.938. The van der Waals surface area contributed by atoms with E-state index in [-0.39, 0.29) is 13.0 Å². The number of rotatable bonds is 15. The van der Waals surface area contributed by atoms with Gasteiger partial charge in [0.2, 0.25) is 0 Å². The number of carbonyl (C=O) groups is 1. The van der Waals surface area contributed by atoms with Gasteiger partial charge in [-0.1, -0.05) is 44.9 Å². The van der Waals surface area contributed by atoms with Gasteiger partial charge in [0.25, 0.3) is 0 Å². The van der Waals surface area contributed by atoms with Crippen LogP contribution in [0.1, 0.15) is 77.0 Å². The second-order valence-corrected chi connectivity index (χ2v) is 5.76. The molecule has 0 heterocycles. The molecule has 0 spiro atoms. The van der Waals surface area contributed by atoms with Gasteiger partial charge in [0.05, 0.1) is 12.2 Å². The van der Waals surface area contributed by atoms with Crippen molar-refractivity contribution in [2.75, 3.05) is 6.61 Å². The molecule has 0 aliphatic rings. The number of carboxylic acids is 1. The summed E-state index contributed by atoms with van der Waals surface area (Å²) in [6, 6.07) is 0. The smallest absolute Gasteiger partial charge is 0.303 e. The third-order valence-electron chi connectivity index (χ3n) is 3.74. The summed E-state index contributed by atoms with van der Waals surface area (Å²) in [6.07, 6.45) is 8.25. The van der Waals surface area contributed by atoms with Gasteiger partial charge in [0.1, 0.15) is 0 Å². The van der Waals surface area contributed by atoms with E-state index in [1.165, 1.54) is 0 Å². The van der Waals surface area contributed by atoms with Crippen LogP contribution in [0.5, 0.6) is 0 Å². The lowest BCUT2D eigenvalue weighted by molar-refractivity contribution is -0.137. The molecule has 4 N–H and O–H groups in total. The minimum Gasteiger partial charge on any atom is -0.481 e. The second kappa shape index (κ2) is 14.3. The van der Waals surface area contributed by atoms with Crippen LogP contribution in [-0.4, -0.2) is 45.2 Å². The van der Waals surface area contributed by atoms with E-state index in [2.05, 4.69) is 0 Å². The zero-order valence-electron chi connectivity index (χ0n) is 13.0. The van der Waals surface area contributed by atoms with Crippen LogP contribution in [0, 0.1) is 0 Å². The van der Waals surface area contributed by atoms with Crippen molar-refractivity contribution in [1.82, 2.24) is 0 Å². The van der Waals surface area contributed by atoms with Crippen molar-refractivity contribution in [3.8, 4) is 0 Å². The Kier molecular flexibility index (Phi) is 13.9. The first-order valence-electron chi connectivity index (χ1n) is 8.26. The lowest BCUT2D eigenvalue weighted by atomic mass is 10.00. The van der Waals surface area contributed by atoms with Gasteiger partial charge in [-0.05, 0) is 25.7 Å². The van der Waals surface area contributed by atoms with Gasteiger partial charge in [0.15, 0.2) is 0 Å². The fourth-order valence-corrected chi connectivity index (χ4v) is 2.36. The van der Waals surface area contributed by atoms with Crippen LogP contribution in [0.25, 0.3) is 0 Å². The number of aliphatic carboxylic acids is 1. The first-order valence-corrected chi connectivity index (χ1v) is 8.26. The van der Waals surface area contributed by atoms with Crippen molar-refractivity contribution < 1.29 is 25.2 Å². The van der Waals surface area contributed by atoms with Crippen LogP contribution in [0.2, 0.25) is 0 Å². The SMILES string of the molecule is O=C(O)CCCCCCC[C@@H](O)[C@H](O)CCCCCCO. The van der Waals surface area contributed by atoms with Crippen LogP contribution >= 0.6 is 0 Å². The van der Waals surface area contributed by atoms with E-state index < -0.39 is 18.2 Å². The lowest BCUT2D eigenvalue weighted by Gasteiger charge is -2.17. The molecule has 0 fully saturated rings. The first kappa shape index (κ1) is 20.3. The maximum Gasteiger partial charge on any atom is 0.303 e. The molecule has 0 rings (SSSR count). The molecule has 0 aliphatic carbocycles. The summed E-state index contributed by atoms with van der Waals surface area (Å²) >= 11 is 0. The number of unbranched alkanes of at least 4 members (excludes halogenated alkanes) is 7. The van der Waals surface area contributed by atoms with Crippen molar-refractivity contribution >= 4 is 5.97 Å².